The zero-order chi connectivity index (χ0) is 30.3. The second-order valence-electron chi connectivity index (χ2n) is 10.6. The lowest BCUT2D eigenvalue weighted by Crippen LogP contribution is -2.56. The zero-order valence-electron chi connectivity index (χ0n) is 23.5. The Morgan fingerprint density at radius 3 is 1.74 bits per heavy atom. The fourth-order valence-corrected chi connectivity index (χ4v) is 5.64. The van der Waals surface area contributed by atoms with Crippen molar-refractivity contribution in [2.75, 3.05) is 19.8 Å². The van der Waals surface area contributed by atoms with Crippen molar-refractivity contribution in [3.63, 3.8) is 0 Å². The van der Waals surface area contributed by atoms with E-state index in [2.05, 4.69) is 0 Å². The van der Waals surface area contributed by atoms with Crippen LogP contribution in [0.4, 0.5) is 0 Å². The number of carboxylic acids is 1. The maximum atomic E-state index is 12.6. The molecule has 0 bridgehead atoms. The highest BCUT2D eigenvalue weighted by molar-refractivity contribution is 5.96. The summed E-state index contributed by atoms with van der Waals surface area (Å²) in [5, 5.41) is 8.97. The van der Waals surface area contributed by atoms with Crippen LogP contribution in [0.25, 0.3) is 0 Å². The Bertz CT molecular complexity index is 1560. The molecule has 2 fully saturated rings. The molecule has 2 aromatic heterocycles. The maximum absolute atomic E-state index is 12.6. The van der Waals surface area contributed by atoms with Crippen LogP contribution in [0, 0.1) is 0 Å². The highest BCUT2D eigenvalue weighted by atomic mass is 16.5. The lowest BCUT2D eigenvalue weighted by molar-refractivity contribution is -0.112. The van der Waals surface area contributed by atoms with Crippen molar-refractivity contribution < 1.29 is 38.5 Å². The number of carboxylic acid groups (broad SMARTS) is 1. The van der Waals surface area contributed by atoms with Crippen LogP contribution in [0.1, 0.15) is 75.3 Å². The van der Waals surface area contributed by atoms with E-state index in [9.17, 15) is 28.8 Å². The monoisotopic (exact) mass is 584 g/mol. The van der Waals surface area contributed by atoms with Gasteiger partial charge in [-0.3, -0.25) is 19.2 Å². The van der Waals surface area contributed by atoms with Crippen molar-refractivity contribution in [3.05, 3.63) is 67.5 Å². The van der Waals surface area contributed by atoms with E-state index in [0.29, 0.717) is 26.3 Å². The Balaban J connectivity index is 0.000000169. The standard InChI is InChI=1S/C15H18N2O5.C13H14N2O5/c1-3-21-15(20)10-7-16-8-13-17(9(2)4-5-22-13)14(19)11(16)6-12(10)18;1-7-2-3-20-11-6-14-5-8(13(18)19)10(16)4-9(14)12(17)15(7)11/h6-7,9,13H,3-5,8H2,1-2H3;4-5,7,11H,2-3,6H2,1H3,(H,18,19)/t9-,13+;7-,11+/m11/s1. The third-order valence-electron chi connectivity index (χ3n) is 7.86. The smallest absolute Gasteiger partial charge is 0.343 e. The van der Waals surface area contributed by atoms with E-state index < -0.39 is 29.0 Å². The number of carbonyl (C=O) groups excluding carboxylic acids is 3. The number of fused-ring (bicyclic) bond motifs is 4. The molecule has 0 saturated carbocycles. The number of pyridine rings is 2. The van der Waals surface area contributed by atoms with Crippen LogP contribution >= 0.6 is 0 Å². The molecule has 2 amide bonds. The lowest BCUT2D eigenvalue weighted by atomic mass is 10.1. The van der Waals surface area contributed by atoms with Crippen LogP contribution in [-0.4, -0.2) is 92.2 Å². The zero-order valence-corrected chi connectivity index (χ0v) is 23.5. The summed E-state index contributed by atoms with van der Waals surface area (Å²) in [7, 11) is 0. The van der Waals surface area contributed by atoms with E-state index in [1.165, 1.54) is 23.0 Å². The van der Waals surface area contributed by atoms with E-state index in [1.54, 1.807) is 21.3 Å². The molecular weight excluding hydrogens is 552 g/mol. The number of aromatic nitrogens is 2. The summed E-state index contributed by atoms with van der Waals surface area (Å²) in [5.74, 6) is -2.49. The number of carbonyl (C=O) groups is 4. The lowest BCUT2D eigenvalue weighted by Gasteiger charge is -2.44. The van der Waals surface area contributed by atoms with Gasteiger partial charge in [0.1, 0.15) is 22.5 Å². The first kappa shape index (κ1) is 29.2. The first-order valence-electron chi connectivity index (χ1n) is 13.8. The minimum absolute atomic E-state index is 0.0456. The highest BCUT2D eigenvalue weighted by Crippen LogP contribution is 2.27. The molecule has 6 heterocycles. The third kappa shape index (κ3) is 5.23. The first-order valence-corrected chi connectivity index (χ1v) is 13.8. The average Bonchev–Trinajstić information content (AvgIpc) is 2.94. The summed E-state index contributed by atoms with van der Waals surface area (Å²) in [6.07, 6.45) is 3.38. The van der Waals surface area contributed by atoms with E-state index in [0.717, 1.165) is 18.9 Å². The second-order valence-corrected chi connectivity index (χ2v) is 10.6. The molecule has 0 aliphatic carbocycles. The van der Waals surface area contributed by atoms with E-state index in [-0.39, 0.29) is 59.2 Å². The summed E-state index contributed by atoms with van der Waals surface area (Å²) in [5.41, 5.74) is -1.04. The second kappa shape index (κ2) is 11.5. The Kier molecular flexibility index (Phi) is 8.01. The van der Waals surface area contributed by atoms with Gasteiger partial charge in [-0.15, -0.1) is 0 Å². The van der Waals surface area contributed by atoms with Crippen molar-refractivity contribution in [1.82, 2.24) is 18.9 Å². The van der Waals surface area contributed by atoms with E-state index in [1.807, 2.05) is 13.8 Å². The molecular formula is C28H32N4O10. The molecule has 1 N–H and O–H groups in total. The minimum Gasteiger partial charge on any atom is -0.477 e. The van der Waals surface area contributed by atoms with Crippen LogP contribution in [0.3, 0.4) is 0 Å². The molecule has 14 heteroatoms. The summed E-state index contributed by atoms with van der Waals surface area (Å²) in [4.78, 5) is 74.9. The highest BCUT2D eigenvalue weighted by Gasteiger charge is 2.40. The van der Waals surface area contributed by atoms with Gasteiger partial charge >= 0.3 is 11.9 Å². The van der Waals surface area contributed by atoms with Gasteiger partial charge in [-0.1, -0.05) is 0 Å². The average molecular weight is 585 g/mol. The predicted octanol–water partition coefficient (Wildman–Crippen LogP) is 0.753. The molecule has 224 valence electrons. The quantitative estimate of drug-likeness (QED) is 0.509. The number of rotatable bonds is 3. The Morgan fingerprint density at radius 2 is 1.29 bits per heavy atom. The largest absolute Gasteiger partial charge is 0.477 e. The van der Waals surface area contributed by atoms with Gasteiger partial charge in [0, 0.05) is 36.6 Å². The van der Waals surface area contributed by atoms with Gasteiger partial charge in [-0.25, -0.2) is 9.59 Å². The van der Waals surface area contributed by atoms with Crippen LogP contribution in [0.2, 0.25) is 0 Å². The topological polar surface area (TPSA) is 167 Å². The number of nitrogens with zero attached hydrogens (tertiary/aromatic N) is 4. The first-order chi connectivity index (χ1) is 20.0. The molecule has 14 nitrogen and oxygen atoms in total. The molecule has 2 aromatic rings. The Labute approximate surface area is 240 Å². The third-order valence-corrected chi connectivity index (χ3v) is 7.86. The Morgan fingerprint density at radius 1 is 0.833 bits per heavy atom. The number of amides is 2. The van der Waals surface area contributed by atoms with Crippen molar-refractivity contribution in [3.8, 4) is 0 Å². The number of esters is 1. The molecule has 4 aliphatic heterocycles. The normalized spacial score (nSPS) is 24.4. The summed E-state index contributed by atoms with van der Waals surface area (Å²) in [6, 6.07) is 2.43. The molecule has 0 radical (unpaired) electrons. The molecule has 0 aromatic carbocycles. The van der Waals surface area contributed by atoms with Gasteiger partial charge in [-0.2, -0.15) is 0 Å². The molecule has 2 saturated heterocycles. The van der Waals surface area contributed by atoms with Crippen LogP contribution in [0.15, 0.2) is 34.1 Å². The maximum Gasteiger partial charge on any atom is 0.343 e. The van der Waals surface area contributed by atoms with E-state index in [4.69, 9.17) is 19.3 Å². The number of hydrogen-bond donors (Lipinski definition) is 1. The van der Waals surface area contributed by atoms with Crippen molar-refractivity contribution >= 4 is 23.8 Å². The van der Waals surface area contributed by atoms with Crippen molar-refractivity contribution in [1.29, 1.82) is 0 Å². The van der Waals surface area contributed by atoms with Gasteiger partial charge in [0.2, 0.25) is 0 Å². The number of aromatic carboxylic acids is 1. The molecule has 42 heavy (non-hydrogen) atoms. The van der Waals surface area contributed by atoms with Gasteiger partial charge in [0.05, 0.1) is 32.9 Å². The number of hydrogen-bond acceptors (Lipinski definition) is 9. The molecule has 4 atom stereocenters. The molecule has 6 rings (SSSR count). The molecule has 4 aliphatic rings. The summed E-state index contributed by atoms with van der Waals surface area (Å²) < 4.78 is 19.2. The summed E-state index contributed by atoms with van der Waals surface area (Å²) >= 11 is 0. The van der Waals surface area contributed by atoms with Gasteiger partial charge < -0.3 is 38.3 Å². The molecule has 0 unspecified atom stereocenters. The van der Waals surface area contributed by atoms with Crippen LogP contribution in [0.5, 0.6) is 0 Å². The number of ether oxygens (including phenoxy) is 3. The van der Waals surface area contributed by atoms with Crippen molar-refractivity contribution in [2.24, 2.45) is 0 Å². The Hall–Kier alpha value is -4.30. The van der Waals surface area contributed by atoms with Gasteiger partial charge in [0.25, 0.3) is 11.8 Å². The van der Waals surface area contributed by atoms with Crippen LogP contribution in [-0.2, 0) is 27.3 Å². The van der Waals surface area contributed by atoms with Gasteiger partial charge in [0.15, 0.2) is 23.3 Å². The fourth-order valence-electron chi connectivity index (χ4n) is 5.64. The van der Waals surface area contributed by atoms with Crippen molar-refractivity contribution in [2.45, 2.75) is 71.2 Å². The van der Waals surface area contributed by atoms with Crippen LogP contribution < -0.4 is 10.9 Å². The van der Waals surface area contributed by atoms with Gasteiger partial charge in [-0.05, 0) is 33.6 Å². The van der Waals surface area contributed by atoms with E-state index >= 15 is 0 Å². The predicted molar refractivity (Wildman–Crippen MR) is 144 cm³/mol. The minimum atomic E-state index is -1.29. The fraction of sp³-hybridized carbons (Fsp3) is 0.500. The SMILES string of the molecule is CCOC(=O)c1cn2c(cc1=O)C(=O)N1[C@H](C)CCO[C@H]1C2.C[C@@H]1CCO[C@H]2Cn3cc(C(=O)O)c(=O)cc3C(=O)N12. The molecule has 0 spiro atoms. The summed E-state index contributed by atoms with van der Waals surface area (Å²) in [6.45, 7) is 7.67.